The van der Waals surface area contributed by atoms with E-state index < -0.39 is 0 Å². The molecule has 20 heavy (non-hydrogen) atoms. The Bertz CT molecular complexity index is 641. The lowest BCUT2D eigenvalue weighted by Gasteiger charge is -2.36. The number of Topliss-reactive ketones (excluding diaryl/α,β-unsaturated/α-hetero) is 1. The molecule has 1 aliphatic heterocycles. The molecule has 0 atom stereocenters. The van der Waals surface area contributed by atoms with Crippen molar-refractivity contribution in [3.8, 4) is 0 Å². The molecule has 1 aromatic rings. The van der Waals surface area contributed by atoms with Gasteiger partial charge in [0.25, 0.3) is 0 Å². The fourth-order valence-corrected chi connectivity index (χ4v) is 2.74. The molecule has 1 heterocycles. The number of aliphatic hydroxyl groups excluding tert-OH is 1. The largest absolute Gasteiger partial charge is 0.487 e. The van der Waals surface area contributed by atoms with E-state index in [1.807, 2.05) is 38.1 Å². The van der Waals surface area contributed by atoms with E-state index >= 15 is 0 Å². The third-order valence-corrected chi connectivity index (χ3v) is 3.77. The number of benzene rings is 1. The van der Waals surface area contributed by atoms with Gasteiger partial charge in [-0.1, -0.05) is 24.3 Å². The number of allylic oxidation sites excluding steroid dienone is 1. The number of fused-ring (bicyclic) bond motifs is 2. The molecule has 1 aromatic carbocycles. The maximum absolute atomic E-state index is 12.5. The molecule has 1 N–H and O–H groups in total. The standard InChI is InChI=1S/C16H17NO3/c1-16(2)8-7-12-14(19)13(17-9-18)10-5-3-4-6-11(10)15(12)20-16/h3-6,18H,7-9H2,1-2H3. The summed E-state index contributed by atoms with van der Waals surface area (Å²) in [6, 6.07) is 7.56. The molecule has 4 nitrogen and oxygen atoms in total. The first-order valence-electron chi connectivity index (χ1n) is 6.75. The van der Waals surface area contributed by atoms with Crippen molar-refractivity contribution >= 4 is 17.3 Å². The Morgan fingerprint density at radius 2 is 2.00 bits per heavy atom. The average Bonchev–Trinajstić information content (AvgIpc) is 2.42. The Morgan fingerprint density at radius 1 is 1.30 bits per heavy atom. The number of rotatable bonds is 1. The van der Waals surface area contributed by atoms with Crippen LogP contribution in [0.25, 0.3) is 5.76 Å². The minimum Gasteiger partial charge on any atom is -0.487 e. The van der Waals surface area contributed by atoms with Gasteiger partial charge in [0, 0.05) is 16.7 Å². The molecule has 0 radical (unpaired) electrons. The molecular formula is C16H17NO3. The number of aliphatic imine (C=N–C) groups is 1. The van der Waals surface area contributed by atoms with Gasteiger partial charge in [0.15, 0.2) is 0 Å². The minimum atomic E-state index is -0.385. The Labute approximate surface area is 117 Å². The van der Waals surface area contributed by atoms with Crippen LogP contribution in [0.2, 0.25) is 0 Å². The third kappa shape index (κ3) is 1.96. The molecule has 0 saturated carbocycles. The summed E-state index contributed by atoms with van der Waals surface area (Å²) in [6.45, 7) is 3.67. The molecule has 0 fully saturated rings. The van der Waals surface area contributed by atoms with Gasteiger partial charge in [0.05, 0.1) is 0 Å². The molecule has 3 rings (SSSR count). The van der Waals surface area contributed by atoms with Crippen LogP contribution < -0.4 is 0 Å². The van der Waals surface area contributed by atoms with Gasteiger partial charge in [0.2, 0.25) is 5.78 Å². The van der Waals surface area contributed by atoms with E-state index in [1.54, 1.807) is 0 Å². The topological polar surface area (TPSA) is 58.9 Å². The summed E-state index contributed by atoms with van der Waals surface area (Å²) in [5.74, 6) is 0.557. The summed E-state index contributed by atoms with van der Waals surface area (Å²) in [5, 5.41) is 9.05. The number of ether oxygens (including phenoxy) is 1. The van der Waals surface area contributed by atoms with Crippen molar-refractivity contribution in [3.63, 3.8) is 0 Å². The molecule has 104 valence electrons. The quantitative estimate of drug-likeness (QED) is 0.852. The van der Waals surface area contributed by atoms with E-state index in [2.05, 4.69) is 4.99 Å². The highest BCUT2D eigenvalue weighted by Gasteiger charge is 2.38. The van der Waals surface area contributed by atoms with Crippen LogP contribution in [0.3, 0.4) is 0 Å². The van der Waals surface area contributed by atoms with Gasteiger partial charge in [-0.25, -0.2) is 0 Å². The summed E-state index contributed by atoms with van der Waals surface area (Å²) >= 11 is 0. The van der Waals surface area contributed by atoms with Gasteiger partial charge in [-0.15, -0.1) is 0 Å². The highest BCUT2D eigenvalue weighted by molar-refractivity contribution is 6.54. The zero-order valence-electron chi connectivity index (χ0n) is 11.6. The van der Waals surface area contributed by atoms with Crippen LogP contribution in [0.5, 0.6) is 0 Å². The Balaban J connectivity index is 2.22. The van der Waals surface area contributed by atoms with Gasteiger partial charge in [0.1, 0.15) is 23.8 Å². The van der Waals surface area contributed by atoms with Crippen LogP contribution in [0.4, 0.5) is 0 Å². The van der Waals surface area contributed by atoms with Crippen molar-refractivity contribution in [1.82, 2.24) is 0 Å². The molecule has 0 spiro atoms. The van der Waals surface area contributed by atoms with Gasteiger partial charge < -0.3 is 9.84 Å². The molecule has 0 saturated heterocycles. The lowest BCUT2D eigenvalue weighted by Crippen LogP contribution is -2.35. The molecule has 1 aliphatic carbocycles. The Kier molecular flexibility index (Phi) is 2.98. The maximum atomic E-state index is 12.5. The van der Waals surface area contributed by atoms with E-state index in [0.717, 1.165) is 17.5 Å². The fourth-order valence-electron chi connectivity index (χ4n) is 2.74. The SMILES string of the molecule is CC1(C)CCC2=C(O1)c1ccccc1C(=NCO)C2=O. The van der Waals surface area contributed by atoms with E-state index in [9.17, 15) is 4.79 Å². The van der Waals surface area contributed by atoms with Gasteiger partial charge in [-0.05, 0) is 26.7 Å². The lowest BCUT2D eigenvalue weighted by atomic mass is 9.82. The number of hydrogen-bond donors (Lipinski definition) is 1. The summed E-state index contributed by atoms with van der Waals surface area (Å²) in [4.78, 5) is 16.5. The van der Waals surface area contributed by atoms with E-state index in [1.165, 1.54) is 0 Å². The van der Waals surface area contributed by atoms with Crippen LogP contribution in [-0.4, -0.2) is 28.9 Å². The Hall–Kier alpha value is -1.94. The van der Waals surface area contributed by atoms with Crippen LogP contribution in [-0.2, 0) is 9.53 Å². The highest BCUT2D eigenvalue weighted by Crippen LogP contribution is 2.41. The van der Waals surface area contributed by atoms with E-state index in [4.69, 9.17) is 9.84 Å². The van der Waals surface area contributed by atoms with Crippen molar-refractivity contribution in [2.75, 3.05) is 6.73 Å². The monoisotopic (exact) mass is 271 g/mol. The van der Waals surface area contributed by atoms with Crippen molar-refractivity contribution in [2.24, 2.45) is 4.99 Å². The second kappa shape index (κ2) is 4.56. The van der Waals surface area contributed by atoms with Crippen LogP contribution in [0.15, 0.2) is 34.8 Å². The van der Waals surface area contributed by atoms with E-state index in [-0.39, 0.29) is 18.1 Å². The average molecular weight is 271 g/mol. The molecule has 0 unspecified atom stereocenters. The Morgan fingerprint density at radius 3 is 2.70 bits per heavy atom. The molecule has 0 bridgehead atoms. The summed E-state index contributed by atoms with van der Waals surface area (Å²) in [5.41, 5.74) is 2.38. The van der Waals surface area contributed by atoms with Gasteiger partial charge in [-0.2, -0.15) is 0 Å². The molecule has 4 heteroatoms. The maximum Gasteiger partial charge on any atom is 0.211 e. The molecule has 0 aromatic heterocycles. The van der Waals surface area contributed by atoms with Crippen molar-refractivity contribution in [3.05, 3.63) is 41.0 Å². The van der Waals surface area contributed by atoms with Crippen molar-refractivity contribution in [2.45, 2.75) is 32.3 Å². The van der Waals surface area contributed by atoms with Crippen LogP contribution in [0, 0.1) is 0 Å². The van der Waals surface area contributed by atoms with Crippen LogP contribution in [0.1, 0.15) is 37.8 Å². The van der Waals surface area contributed by atoms with Gasteiger partial charge in [-0.3, -0.25) is 9.79 Å². The predicted molar refractivity (Wildman–Crippen MR) is 76.4 cm³/mol. The number of hydrogen-bond acceptors (Lipinski definition) is 4. The van der Waals surface area contributed by atoms with Crippen molar-refractivity contribution < 1.29 is 14.6 Å². The number of nitrogens with zero attached hydrogens (tertiary/aromatic N) is 1. The number of carbonyl (C=O) groups is 1. The summed E-state index contributed by atoms with van der Waals surface area (Å²) in [7, 11) is 0. The highest BCUT2D eigenvalue weighted by atomic mass is 16.5. The first kappa shape index (κ1) is 13.1. The first-order valence-corrected chi connectivity index (χ1v) is 6.75. The zero-order valence-corrected chi connectivity index (χ0v) is 11.6. The molecule has 0 amide bonds. The fraction of sp³-hybridized carbons (Fsp3) is 0.375. The smallest absolute Gasteiger partial charge is 0.211 e. The molecule has 2 aliphatic rings. The van der Waals surface area contributed by atoms with Crippen molar-refractivity contribution in [1.29, 1.82) is 0 Å². The first-order chi connectivity index (χ1) is 9.53. The third-order valence-electron chi connectivity index (χ3n) is 3.77. The second-order valence-electron chi connectivity index (χ2n) is 5.69. The van der Waals surface area contributed by atoms with E-state index in [0.29, 0.717) is 23.5 Å². The second-order valence-corrected chi connectivity index (χ2v) is 5.69. The minimum absolute atomic E-state index is 0.122. The number of aliphatic hydroxyl groups is 1. The molecular weight excluding hydrogens is 254 g/mol. The summed E-state index contributed by atoms with van der Waals surface area (Å²) in [6.07, 6.45) is 1.48. The normalized spacial score (nSPS) is 22.4. The lowest BCUT2D eigenvalue weighted by molar-refractivity contribution is -0.110. The van der Waals surface area contributed by atoms with Gasteiger partial charge >= 0.3 is 0 Å². The summed E-state index contributed by atoms with van der Waals surface area (Å²) < 4.78 is 6.04. The number of ketones is 1. The predicted octanol–water partition coefficient (Wildman–Crippen LogP) is 2.31. The number of carbonyl (C=O) groups excluding carboxylic acids is 1. The van der Waals surface area contributed by atoms with Crippen LogP contribution >= 0.6 is 0 Å². The zero-order chi connectivity index (χ0) is 14.3.